The summed E-state index contributed by atoms with van der Waals surface area (Å²) in [6.07, 6.45) is 88.9. The lowest BCUT2D eigenvalue weighted by molar-refractivity contribution is -0.302. The van der Waals surface area contributed by atoms with Crippen LogP contribution in [0.1, 0.15) is 245 Å². The number of nitrogens with one attached hydrogen (secondary N) is 1. The Balaban J connectivity index is 2.23. The normalized spacial score (nSPS) is 19.3. The molecule has 7 atom stereocenters. The zero-order valence-electron chi connectivity index (χ0n) is 52.4. The maximum absolute atomic E-state index is 13.1. The maximum Gasteiger partial charge on any atom is 0.220 e. The first kappa shape index (κ1) is 76.8. The van der Waals surface area contributed by atoms with Gasteiger partial charge < -0.3 is 40.3 Å². The van der Waals surface area contributed by atoms with Crippen molar-refractivity contribution in [2.75, 3.05) is 13.2 Å². The van der Waals surface area contributed by atoms with Gasteiger partial charge in [0.2, 0.25) is 5.91 Å². The molecule has 6 N–H and O–H groups in total. The highest BCUT2D eigenvalue weighted by Gasteiger charge is 2.44. The second-order valence-corrected chi connectivity index (χ2v) is 22.2. The van der Waals surface area contributed by atoms with Gasteiger partial charge in [-0.05, 0) is 109 Å². The summed E-state index contributed by atoms with van der Waals surface area (Å²) in [5.74, 6) is -0.224. The predicted molar refractivity (Wildman–Crippen MR) is 354 cm³/mol. The van der Waals surface area contributed by atoms with Gasteiger partial charge in [0.1, 0.15) is 24.4 Å². The van der Waals surface area contributed by atoms with Gasteiger partial charge in [0.15, 0.2) is 6.29 Å². The van der Waals surface area contributed by atoms with Crippen molar-refractivity contribution in [2.24, 2.45) is 0 Å². The van der Waals surface area contributed by atoms with Crippen LogP contribution in [0.5, 0.6) is 0 Å². The van der Waals surface area contributed by atoms with E-state index in [1.807, 2.05) is 6.08 Å². The summed E-state index contributed by atoms with van der Waals surface area (Å²) in [6.45, 7) is 3.64. The number of allylic oxidation sites excluding steroid dienone is 25. The van der Waals surface area contributed by atoms with E-state index in [-0.39, 0.29) is 18.9 Å². The average Bonchev–Trinajstić information content (AvgIpc) is 3.60. The van der Waals surface area contributed by atoms with Crippen molar-refractivity contribution in [2.45, 2.75) is 288 Å². The molecule has 0 bridgehead atoms. The van der Waals surface area contributed by atoms with Crippen LogP contribution >= 0.6 is 0 Å². The molecule has 1 saturated heterocycles. The van der Waals surface area contributed by atoms with Gasteiger partial charge in [0.25, 0.3) is 0 Å². The fourth-order valence-corrected chi connectivity index (χ4v) is 9.43. The largest absolute Gasteiger partial charge is 0.394 e. The molecule has 1 fully saturated rings. The van der Waals surface area contributed by atoms with Crippen LogP contribution in [0.3, 0.4) is 0 Å². The zero-order chi connectivity index (χ0) is 60.0. The minimum atomic E-state index is -1.59. The standard InChI is InChI=1S/C74H121NO8/c1-3-5-7-9-11-13-15-17-19-21-23-25-26-27-28-29-30-31-32-33-34-35-36-37-38-39-40-41-42-44-46-48-50-52-54-56-58-60-62-64-70(78)75-67(66-82-74-73(81)72(80)71(79)69(65-76)83-74)68(77)63-61-59-57-55-53-51-49-47-45-43-24-22-20-18-16-14-12-10-8-6-4-2/h5,7,11,13,17,19,23,25,27-28,30-31,33-34,36-37,39-40,42,44,48,50,54,56,61,63,67-69,71-74,76-77,79-81H,3-4,6,8-10,12,14-16,18,20-22,24,26,29,32,35,38,41,43,45-47,49,51-53,55,57-60,62,64-66H2,1-2H3,(H,75,78)/b7-5-,13-11-,19-17-,25-23-,28-27-,31-30-,34-33-,37-36-,40-39-,44-42-,50-48-,56-54-,63-61+. The molecule has 0 spiro atoms. The SMILES string of the molecule is CC/C=C\C/C=C\C/C=C\C/C=C\C/C=C\C/C=C\C/C=C\C/C=C\C/C=C\C/C=C\C/C=C\C/C=C\CCCCC(=O)NC(COC1OC(CO)C(O)C(O)C1O)C(O)/C=C/CCCCCCCCCCCCCCCCCCCCC. The van der Waals surface area contributed by atoms with Crippen molar-refractivity contribution in [3.05, 3.63) is 158 Å². The molecule has 1 rings (SSSR count). The molecule has 1 aliphatic heterocycles. The molecule has 0 aromatic carbocycles. The lowest BCUT2D eigenvalue weighted by atomic mass is 9.99. The number of aliphatic hydroxyl groups is 5. The summed E-state index contributed by atoms with van der Waals surface area (Å²) in [7, 11) is 0. The molecule has 470 valence electrons. The van der Waals surface area contributed by atoms with E-state index in [1.165, 1.54) is 109 Å². The van der Waals surface area contributed by atoms with Crippen LogP contribution in [0.15, 0.2) is 158 Å². The molecule has 83 heavy (non-hydrogen) atoms. The van der Waals surface area contributed by atoms with Crippen LogP contribution in [-0.2, 0) is 14.3 Å². The first-order valence-corrected chi connectivity index (χ1v) is 33.2. The summed E-state index contributed by atoms with van der Waals surface area (Å²) in [6, 6.07) is -0.841. The molecule has 0 radical (unpaired) electrons. The van der Waals surface area contributed by atoms with Gasteiger partial charge in [0, 0.05) is 6.42 Å². The fourth-order valence-electron chi connectivity index (χ4n) is 9.43. The number of hydrogen-bond acceptors (Lipinski definition) is 8. The molecular formula is C74H121NO8. The molecular weight excluding hydrogens is 1030 g/mol. The monoisotopic (exact) mass is 1150 g/mol. The number of carbonyl (C=O) groups excluding carboxylic acids is 1. The zero-order valence-corrected chi connectivity index (χ0v) is 52.4. The summed E-state index contributed by atoms with van der Waals surface area (Å²) >= 11 is 0. The van der Waals surface area contributed by atoms with Gasteiger partial charge in [-0.1, -0.05) is 287 Å². The van der Waals surface area contributed by atoms with E-state index in [1.54, 1.807) is 6.08 Å². The molecule has 0 aliphatic carbocycles. The number of hydrogen-bond donors (Lipinski definition) is 6. The Morgan fingerprint density at radius 3 is 1.11 bits per heavy atom. The van der Waals surface area contributed by atoms with Crippen molar-refractivity contribution < 1.29 is 39.8 Å². The van der Waals surface area contributed by atoms with Gasteiger partial charge in [-0.25, -0.2) is 0 Å². The topological polar surface area (TPSA) is 149 Å². The third-order valence-electron chi connectivity index (χ3n) is 14.6. The number of ether oxygens (including phenoxy) is 2. The van der Waals surface area contributed by atoms with E-state index in [0.29, 0.717) is 6.42 Å². The number of unbranched alkanes of at least 4 members (excludes halogenated alkanes) is 21. The van der Waals surface area contributed by atoms with E-state index in [4.69, 9.17) is 9.47 Å². The van der Waals surface area contributed by atoms with Gasteiger partial charge in [-0.15, -0.1) is 0 Å². The lowest BCUT2D eigenvalue weighted by Gasteiger charge is -2.40. The minimum absolute atomic E-state index is 0.215. The summed E-state index contributed by atoms with van der Waals surface area (Å²) < 4.78 is 11.3. The summed E-state index contributed by atoms with van der Waals surface area (Å²) in [5, 5.41) is 54.6. The second kappa shape index (κ2) is 60.9. The molecule has 0 saturated carbocycles. The van der Waals surface area contributed by atoms with Gasteiger partial charge in [-0.2, -0.15) is 0 Å². The highest BCUT2D eigenvalue weighted by atomic mass is 16.7. The summed E-state index contributed by atoms with van der Waals surface area (Å²) in [5.41, 5.74) is 0. The molecule has 0 aromatic heterocycles. The maximum atomic E-state index is 13.1. The molecule has 1 heterocycles. The molecule has 9 heteroatoms. The van der Waals surface area contributed by atoms with Gasteiger partial charge >= 0.3 is 0 Å². The van der Waals surface area contributed by atoms with Crippen LogP contribution in [0.2, 0.25) is 0 Å². The Morgan fingerprint density at radius 1 is 0.422 bits per heavy atom. The Bertz CT molecular complexity index is 1860. The third kappa shape index (κ3) is 49.7. The van der Waals surface area contributed by atoms with Gasteiger partial charge in [0.05, 0.1) is 25.4 Å². The highest BCUT2D eigenvalue weighted by Crippen LogP contribution is 2.23. The highest BCUT2D eigenvalue weighted by molar-refractivity contribution is 5.76. The minimum Gasteiger partial charge on any atom is -0.394 e. The number of aliphatic hydroxyl groups excluding tert-OH is 5. The van der Waals surface area contributed by atoms with Crippen molar-refractivity contribution in [1.29, 1.82) is 0 Å². The quantitative estimate of drug-likeness (QED) is 0.0261. The average molecular weight is 1150 g/mol. The predicted octanol–water partition coefficient (Wildman–Crippen LogP) is 18.0. The van der Waals surface area contributed by atoms with Crippen LogP contribution < -0.4 is 5.32 Å². The van der Waals surface area contributed by atoms with Crippen molar-refractivity contribution in [3.8, 4) is 0 Å². The van der Waals surface area contributed by atoms with Crippen molar-refractivity contribution in [3.63, 3.8) is 0 Å². The Hall–Kier alpha value is -4.19. The molecule has 1 amide bonds. The van der Waals surface area contributed by atoms with Crippen LogP contribution in [0.25, 0.3) is 0 Å². The Morgan fingerprint density at radius 2 is 0.747 bits per heavy atom. The fraction of sp³-hybridized carbons (Fsp3) is 0.635. The van der Waals surface area contributed by atoms with Crippen LogP contribution in [0, 0.1) is 0 Å². The second-order valence-electron chi connectivity index (χ2n) is 22.2. The van der Waals surface area contributed by atoms with E-state index in [9.17, 15) is 30.3 Å². The van der Waals surface area contributed by atoms with Gasteiger partial charge in [-0.3, -0.25) is 4.79 Å². The van der Waals surface area contributed by atoms with Crippen LogP contribution in [0.4, 0.5) is 0 Å². The molecule has 9 nitrogen and oxygen atoms in total. The first-order chi connectivity index (χ1) is 40.8. The van der Waals surface area contributed by atoms with E-state index in [2.05, 4.69) is 165 Å². The van der Waals surface area contributed by atoms with E-state index >= 15 is 0 Å². The number of rotatable bonds is 55. The number of carbonyl (C=O) groups is 1. The lowest BCUT2D eigenvalue weighted by Crippen LogP contribution is -2.60. The third-order valence-corrected chi connectivity index (χ3v) is 14.6. The molecule has 1 aliphatic rings. The van der Waals surface area contributed by atoms with E-state index in [0.717, 1.165) is 109 Å². The Kier molecular flexibility index (Phi) is 56.4. The van der Waals surface area contributed by atoms with E-state index < -0.39 is 49.5 Å². The number of amides is 1. The summed E-state index contributed by atoms with van der Waals surface area (Å²) in [4.78, 5) is 13.1. The Labute approximate surface area is 507 Å². The van der Waals surface area contributed by atoms with Crippen molar-refractivity contribution >= 4 is 5.91 Å². The smallest absolute Gasteiger partial charge is 0.220 e. The molecule has 0 aromatic rings. The first-order valence-electron chi connectivity index (χ1n) is 33.2. The van der Waals surface area contributed by atoms with Crippen molar-refractivity contribution in [1.82, 2.24) is 5.32 Å². The molecule has 7 unspecified atom stereocenters. The van der Waals surface area contributed by atoms with Crippen LogP contribution in [-0.4, -0.2) is 87.5 Å².